The molecular weight excluding hydrogens is 462 g/mol. The van der Waals surface area contributed by atoms with E-state index < -0.39 is 16.1 Å². The van der Waals surface area contributed by atoms with Crippen molar-refractivity contribution in [2.75, 3.05) is 14.2 Å². The lowest BCUT2D eigenvalue weighted by molar-refractivity contribution is -0.140. The van der Waals surface area contributed by atoms with Gasteiger partial charge in [0, 0.05) is 11.4 Å². The average Bonchev–Trinajstić information content (AvgIpc) is 2.83. The fourth-order valence-electron chi connectivity index (χ4n) is 3.38. The summed E-state index contributed by atoms with van der Waals surface area (Å²) in [6.45, 7) is 0. The Kier molecular flexibility index (Phi) is 8.49. The molecule has 0 aliphatic heterocycles. The number of hydrogen-bond acceptors (Lipinski definition) is 5. The number of ether oxygens (including phenoxy) is 2. The Morgan fingerprint density at radius 3 is 2.03 bits per heavy atom. The molecule has 1 unspecified atom stereocenters. The van der Waals surface area contributed by atoms with E-state index in [0.29, 0.717) is 23.6 Å². The molecule has 0 aliphatic carbocycles. The number of sulfonamides is 1. The Morgan fingerprint density at radius 2 is 1.48 bits per heavy atom. The predicted octanol–water partition coefficient (Wildman–Crippen LogP) is 4.91. The average molecular weight is 488 g/mol. The molecule has 0 saturated heterocycles. The highest BCUT2D eigenvalue weighted by Crippen LogP contribution is 2.27. The number of benzene rings is 3. The van der Waals surface area contributed by atoms with Crippen LogP contribution in [0.4, 0.5) is 0 Å². The summed E-state index contributed by atoms with van der Waals surface area (Å²) >= 11 is 5.91. The van der Waals surface area contributed by atoms with Gasteiger partial charge < -0.3 is 9.47 Å². The van der Waals surface area contributed by atoms with Crippen LogP contribution in [-0.2, 0) is 26.0 Å². The molecule has 0 amide bonds. The van der Waals surface area contributed by atoms with Gasteiger partial charge in [-0.3, -0.25) is 4.79 Å². The molecule has 0 heterocycles. The van der Waals surface area contributed by atoms with E-state index in [4.69, 9.17) is 16.3 Å². The van der Waals surface area contributed by atoms with E-state index >= 15 is 0 Å². The van der Waals surface area contributed by atoms with Crippen LogP contribution >= 0.6 is 11.6 Å². The molecule has 8 heteroatoms. The van der Waals surface area contributed by atoms with Crippen LogP contribution in [0, 0.1) is 0 Å². The summed E-state index contributed by atoms with van der Waals surface area (Å²) in [7, 11) is -0.862. The summed E-state index contributed by atoms with van der Waals surface area (Å²) in [5.41, 5.74) is 2.61. The first kappa shape index (κ1) is 24.8. The second-order valence-corrected chi connectivity index (χ2v) is 9.60. The molecule has 33 heavy (non-hydrogen) atoms. The fraction of sp³-hybridized carbons (Fsp3) is 0.240. The van der Waals surface area contributed by atoms with Crippen LogP contribution in [0.25, 0.3) is 0 Å². The minimum Gasteiger partial charge on any atom is -0.497 e. The highest BCUT2D eigenvalue weighted by molar-refractivity contribution is 7.89. The van der Waals surface area contributed by atoms with E-state index in [1.165, 1.54) is 19.2 Å². The van der Waals surface area contributed by atoms with Crippen LogP contribution in [0.5, 0.6) is 5.75 Å². The Balaban J connectivity index is 1.87. The molecule has 3 aromatic carbocycles. The van der Waals surface area contributed by atoms with E-state index in [1.54, 1.807) is 31.4 Å². The first-order valence-corrected chi connectivity index (χ1v) is 12.3. The van der Waals surface area contributed by atoms with Crippen molar-refractivity contribution in [2.45, 2.75) is 30.2 Å². The van der Waals surface area contributed by atoms with Crippen LogP contribution in [0.3, 0.4) is 0 Å². The molecular formula is C25H26ClNO5S. The summed E-state index contributed by atoms with van der Waals surface area (Å²) < 4.78 is 38.9. The van der Waals surface area contributed by atoms with Gasteiger partial charge in [-0.25, -0.2) is 8.42 Å². The van der Waals surface area contributed by atoms with Gasteiger partial charge >= 0.3 is 5.97 Å². The minimum atomic E-state index is -3.82. The maximum Gasteiger partial charge on any atom is 0.305 e. The van der Waals surface area contributed by atoms with Gasteiger partial charge in [0.1, 0.15) is 5.75 Å². The number of rotatable bonds is 10. The van der Waals surface area contributed by atoms with Gasteiger partial charge in [-0.15, -0.1) is 0 Å². The quantitative estimate of drug-likeness (QED) is 0.411. The number of carbonyl (C=O) groups excluding carboxylic acids is 1. The molecule has 0 fully saturated rings. The first-order chi connectivity index (χ1) is 15.8. The highest BCUT2D eigenvalue weighted by atomic mass is 35.5. The number of methoxy groups -OCH3 is 2. The van der Waals surface area contributed by atoms with Crippen LogP contribution in [-0.4, -0.2) is 28.6 Å². The van der Waals surface area contributed by atoms with Crippen LogP contribution in [0.15, 0.2) is 77.7 Å². The molecule has 174 valence electrons. The zero-order valence-electron chi connectivity index (χ0n) is 18.5. The summed E-state index contributed by atoms with van der Waals surface area (Å²) in [6, 6.07) is 20.3. The van der Waals surface area contributed by atoms with Gasteiger partial charge in [-0.2, -0.15) is 4.72 Å². The Morgan fingerprint density at radius 1 is 0.909 bits per heavy atom. The zero-order chi connectivity index (χ0) is 23.8. The summed E-state index contributed by atoms with van der Waals surface area (Å²) in [5.74, 6) is 0.446. The molecule has 6 nitrogen and oxygen atoms in total. The molecule has 0 spiro atoms. The van der Waals surface area contributed by atoms with E-state index in [2.05, 4.69) is 9.46 Å². The topological polar surface area (TPSA) is 81.7 Å². The van der Waals surface area contributed by atoms with Crippen molar-refractivity contribution >= 4 is 27.6 Å². The van der Waals surface area contributed by atoms with Crippen molar-refractivity contribution < 1.29 is 22.7 Å². The lowest BCUT2D eigenvalue weighted by Crippen LogP contribution is -2.29. The highest BCUT2D eigenvalue weighted by Gasteiger charge is 2.23. The lowest BCUT2D eigenvalue weighted by Gasteiger charge is -2.21. The van der Waals surface area contributed by atoms with Gasteiger partial charge in [0.15, 0.2) is 0 Å². The molecule has 1 atom stereocenters. The third-order valence-corrected chi connectivity index (χ3v) is 6.92. The third-order valence-electron chi connectivity index (χ3n) is 5.23. The lowest BCUT2D eigenvalue weighted by atomic mass is 9.97. The van der Waals surface area contributed by atoms with Crippen LogP contribution in [0.1, 0.15) is 35.6 Å². The Hall–Kier alpha value is -2.87. The maximum absolute atomic E-state index is 13.1. The minimum absolute atomic E-state index is 0.129. The predicted molar refractivity (Wildman–Crippen MR) is 128 cm³/mol. The van der Waals surface area contributed by atoms with E-state index in [9.17, 15) is 13.2 Å². The monoisotopic (exact) mass is 487 g/mol. The van der Waals surface area contributed by atoms with Crippen molar-refractivity contribution in [3.8, 4) is 5.75 Å². The zero-order valence-corrected chi connectivity index (χ0v) is 20.0. The van der Waals surface area contributed by atoms with Gasteiger partial charge in [-0.05, 0) is 65.9 Å². The normalized spacial score (nSPS) is 12.2. The van der Waals surface area contributed by atoms with E-state index in [1.807, 2.05) is 36.4 Å². The molecule has 3 aromatic rings. The second kappa shape index (κ2) is 11.3. The van der Waals surface area contributed by atoms with Crippen LogP contribution < -0.4 is 9.46 Å². The number of esters is 1. The smallest absolute Gasteiger partial charge is 0.305 e. The fourth-order valence-corrected chi connectivity index (χ4v) is 4.72. The third kappa shape index (κ3) is 6.81. The Bertz CT molecular complexity index is 1160. The largest absolute Gasteiger partial charge is 0.497 e. The summed E-state index contributed by atoms with van der Waals surface area (Å²) in [5, 5.41) is 0.462. The van der Waals surface area contributed by atoms with E-state index in [-0.39, 0.29) is 10.9 Å². The summed E-state index contributed by atoms with van der Waals surface area (Å²) in [4.78, 5) is 11.4. The van der Waals surface area contributed by atoms with Gasteiger partial charge in [0.25, 0.3) is 0 Å². The maximum atomic E-state index is 13.1. The van der Waals surface area contributed by atoms with Crippen molar-refractivity contribution in [3.05, 3.63) is 94.5 Å². The molecule has 3 rings (SSSR count). The standard InChI is InChI=1S/C25H26ClNO5S/c1-31-22-14-10-20(11-15-22)25(27-33(29,30)23-16-12-21(26)13-17-23)19-8-6-18(7-9-19)4-3-5-24(28)32-2/h6-17,25,27H,3-5H2,1-2H3. The number of carbonyl (C=O) groups is 1. The molecule has 0 bridgehead atoms. The molecule has 0 radical (unpaired) electrons. The number of aryl methyl sites for hydroxylation is 1. The van der Waals surface area contributed by atoms with E-state index in [0.717, 1.165) is 23.1 Å². The van der Waals surface area contributed by atoms with Crippen molar-refractivity contribution in [1.82, 2.24) is 4.72 Å². The SMILES string of the molecule is COC(=O)CCCc1ccc(C(NS(=O)(=O)c2ccc(Cl)cc2)c2ccc(OC)cc2)cc1. The molecule has 1 N–H and O–H groups in total. The first-order valence-electron chi connectivity index (χ1n) is 10.4. The number of hydrogen-bond donors (Lipinski definition) is 1. The molecule has 0 aromatic heterocycles. The molecule has 0 saturated carbocycles. The van der Waals surface area contributed by atoms with Crippen molar-refractivity contribution in [3.63, 3.8) is 0 Å². The van der Waals surface area contributed by atoms with Gasteiger partial charge in [0.2, 0.25) is 10.0 Å². The van der Waals surface area contributed by atoms with Crippen molar-refractivity contribution in [1.29, 1.82) is 0 Å². The van der Waals surface area contributed by atoms with Crippen molar-refractivity contribution in [2.24, 2.45) is 0 Å². The number of halogens is 1. The van der Waals surface area contributed by atoms with Gasteiger partial charge in [0.05, 0.1) is 25.2 Å². The number of nitrogens with one attached hydrogen (secondary N) is 1. The Labute approximate surface area is 199 Å². The second-order valence-electron chi connectivity index (χ2n) is 7.45. The van der Waals surface area contributed by atoms with Gasteiger partial charge in [-0.1, -0.05) is 48.0 Å². The summed E-state index contributed by atoms with van der Waals surface area (Å²) in [6.07, 6.45) is 1.75. The molecule has 0 aliphatic rings. The van der Waals surface area contributed by atoms with Crippen LogP contribution in [0.2, 0.25) is 5.02 Å².